The van der Waals surface area contributed by atoms with Gasteiger partial charge >= 0.3 is 5.97 Å². The molecule has 0 fully saturated rings. The van der Waals surface area contributed by atoms with E-state index < -0.39 is 11.4 Å². The van der Waals surface area contributed by atoms with E-state index in [0.29, 0.717) is 18.2 Å². The van der Waals surface area contributed by atoms with Crippen LogP contribution in [0.4, 0.5) is 0 Å². The number of fused-ring (bicyclic) bond motifs is 1. The van der Waals surface area contributed by atoms with E-state index in [2.05, 4.69) is 0 Å². The maximum Gasteiger partial charge on any atom is 0.341 e. The molecule has 0 saturated heterocycles. The third kappa shape index (κ3) is 2.64. The average Bonchev–Trinajstić information content (AvgIpc) is 2.88. The fourth-order valence-electron chi connectivity index (χ4n) is 2.44. The molecule has 1 aliphatic rings. The summed E-state index contributed by atoms with van der Waals surface area (Å²) in [4.78, 5) is 22.5. The molecule has 0 spiro atoms. The van der Waals surface area contributed by atoms with Crippen LogP contribution in [0.25, 0.3) is 0 Å². The van der Waals surface area contributed by atoms with Crippen LogP contribution >= 0.6 is 11.6 Å². The summed E-state index contributed by atoms with van der Waals surface area (Å²) in [6.07, 6.45) is 3.69. The SMILES string of the molecule is O=C(O)c1cn(Cc2cc(Cl)cc3c2OCC3)ccc1=O. The normalized spacial score (nSPS) is 12.8. The molecular weight excluding hydrogens is 294 g/mol. The fourth-order valence-corrected chi connectivity index (χ4v) is 2.71. The summed E-state index contributed by atoms with van der Waals surface area (Å²) < 4.78 is 7.25. The molecule has 1 aliphatic heterocycles. The lowest BCUT2D eigenvalue weighted by Crippen LogP contribution is -2.17. The van der Waals surface area contributed by atoms with Crippen LogP contribution in [0.1, 0.15) is 21.5 Å². The van der Waals surface area contributed by atoms with Gasteiger partial charge < -0.3 is 14.4 Å². The van der Waals surface area contributed by atoms with Gasteiger partial charge in [0.25, 0.3) is 0 Å². The molecule has 1 N–H and O–H groups in total. The molecule has 1 aromatic heterocycles. The molecule has 5 nitrogen and oxygen atoms in total. The number of benzene rings is 1. The van der Waals surface area contributed by atoms with Gasteiger partial charge in [-0.05, 0) is 17.7 Å². The number of halogens is 1. The molecule has 0 saturated carbocycles. The van der Waals surface area contributed by atoms with Crippen molar-refractivity contribution >= 4 is 17.6 Å². The predicted molar refractivity (Wildman–Crippen MR) is 77.4 cm³/mol. The number of carboxylic acid groups (broad SMARTS) is 1. The summed E-state index contributed by atoms with van der Waals surface area (Å²) in [7, 11) is 0. The Morgan fingerprint density at radius 1 is 1.43 bits per heavy atom. The highest BCUT2D eigenvalue weighted by Crippen LogP contribution is 2.33. The molecule has 0 aliphatic carbocycles. The quantitative estimate of drug-likeness (QED) is 0.943. The molecule has 0 amide bonds. The van der Waals surface area contributed by atoms with Crippen molar-refractivity contribution in [3.05, 3.63) is 62.5 Å². The minimum atomic E-state index is -1.23. The van der Waals surface area contributed by atoms with Crippen LogP contribution in [0.2, 0.25) is 5.02 Å². The lowest BCUT2D eigenvalue weighted by Gasteiger charge is -2.12. The highest BCUT2D eigenvalue weighted by Gasteiger charge is 2.18. The van der Waals surface area contributed by atoms with E-state index in [1.807, 2.05) is 6.07 Å². The first-order valence-electron chi connectivity index (χ1n) is 6.42. The second-order valence-electron chi connectivity index (χ2n) is 4.85. The van der Waals surface area contributed by atoms with E-state index in [0.717, 1.165) is 23.3 Å². The summed E-state index contributed by atoms with van der Waals surface area (Å²) >= 11 is 6.09. The zero-order valence-corrected chi connectivity index (χ0v) is 11.8. The number of nitrogens with zero attached hydrogens (tertiary/aromatic N) is 1. The lowest BCUT2D eigenvalue weighted by molar-refractivity contribution is 0.0694. The average molecular weight is 306 g/mol. The molecule has 3 rings (SSSR count). The zero-order chi connectivity index (χ0) is 15.0. The fraction of sp³-hybridized carbons (Fsp3) is 0.200. The highest BCUT2D eigenvalue weighted by atomic mass is 35.5. The second-order valence-corrected chi connectivity index (χ2v) is 5.29. The number of carbonyl (C=O) groups is 1. The minimum Gasteiger partial charge on any atom is -0.493 e. The zero-order valence-electron chi connectivity index (χ0n) is 11.0. The van der Waals surface area contributed by atoms with Crippen molar-refractivity contribution in [3.63, 3.8) is 0 Å². The van der Waals surface area contributed by atoms with E-state index in [9.17, 15) is 9.59 Å². The van der Waals surface area contributed by atoms with Crippen molar-refractivity contribution in [3.8, 4) is 5.75 Å². The number of ether oxygens (including phenoxy) is 1. The Balaban J connectivity index is 2.00. The summed E-state index contributed by atoms with van der Waals surface area (Å²) in [5, 5.41) is 9.62. The highest BCUT2D eigenvalue weighted by molar-refractivity contribution is 6.30. The summed E-state index contributed by atoms with van der Waals surface area (Å²) in [5.41, 5.74) is 1.16. The minimum absolute atomic E-state index is 0.253. The maximum absolute atomic E-state index is 11.5. The van der Waals surface area contributed by atoms with E-state index in [-0.39, 0.29) is 5.56 Å². The number of hydrogen-bond acceptors (Lipinski definition) is 3. The van der Waals surface area contributed by atoms with Gasteiger partial charge in [0.1, 0.15) is 11.3 Å². The van der Waals surface area contributed by atoms with Crippen LogP contribution in [0.5, 0.6) is 5.75 Å². The van der Waals surface area contributed by atoms with Crippen LogP contribution in [0.15, 0.2) is 35.4 Å². The monoisotopic (exact) mass is 305 g/mol. The first-order chi connectivity index (χ1) is 10.0. The summed E-state index contributed by atoms with van der Waals surface area (Å²) in [6, 6.07) is 4.92. The van der Waals surface area contributed by atoms with E-state index in [4.69, 9.17) is 21.4 Å². The molecule has 0 atom stereocenters. The lowest BCUT2D eigenvalue weighted by atomic mass is 10.1. The van der Waals surface area contributed by atoms with E-state index >= 15 is 0 Å². The van der Waals surface area contributed by atoms with Gasteiger partial charge in [0.2, 0.25) is 0 Å². The number of hydrogen-bond donors (Lipinski definition) is 1. The Kier molecular flexibility index (Phi) is 3.43. The Morgan fingerprint density at radius 2 is 2.24 bits per heavy atom. The number of rotatable bonds is 3. The van der Waals surface area contributed by atoms with Crippen molar-refractivity contribution in [2.75, 3.05) is 6.61 Å². The van der Waals surface area contributed by atoms with E-state index in [1.54, 1.807) is 16.8 Å². The summed E-state index contributed by atoms with van der Waals surface area (Å²) in [6.45, 7) is 1.01. The summed E-state index contributed by atoms with van der Waals surface area (Å²) in [5.74, 6) is -0.433. The van der Waals surface area contributed by atoms with Crippen LogP contribution in [0, 0.1) is 0 Å². The largest absolute Gasteiger partial charge is 0.493 e. The molecule has 21 heavy (non-hydrogen) atoms. The maximum atomic E-state index is 11.5. The van der Waals surface area contributed by atoms with Crippen LogP contribution < -0.4 is 10.2 Å². The number of pyridine rings is 1. The van der Waals surface area contributed by atoms with E-state index in [1.165, 1.54) is 12.3 Å². The third-order valence-corrected chi connectivity index (χ3v) is 3.60. The smallest absolute Gasteiger partial charge is 0.341 e. The van der Waals surface area contributed by atoms with Crippen molar-refractivity contribution < 1.29 is 14.6 Å². The second kappa shape index (κ2) is 5.26. The van der Waals surface area contributed by atoms with Crippen LogP contribution in [-0.4, -0.2) is 22.2 Å². The van der Waals surface area contributed by atoms with Gasteiger partial charge in [-0.2, -0.15) is 0 Å². The van der Waals surface area contributed by atoms with Crippen LogP contribution in [0.3, 0.4) is 0 Å². The Hall–Kier alpha value is -2.27. The van der Waals surface area contributed by atoms with Crippen molar-refractivity contribution in [1.82, 2.24) is 4.57 Å². The first kappa shape index (κ1) is 13.7. The predicted octanol–water partition coefficient (Wildman–Crippen LogP) is 2.18. The molecular formula is C15H12ClNO4. The number of aromatic nitrogens is 1. The standard InChI is InChI=1S/C15H12ClNO4/c16-11-5-9-2-4-21-14(9)10(6-11)7-17-3-1-13(18)12(8-17)15(19)20/h1,3,5-6,8H,2,4,7H2,(H,19,20). The van der Waals surface area contributed by atoms with Gasteiger partial charge in [0.15, 0.2) is 5.43 Å². The molecule has 2 aromatic rings. The van der Waals surface area contributed by atoms with Crippen molar-refractivity contribution in [2.24, 2.45) is 0 Å². The first-order valence-corrected chi connectivity index (χ1v) is 6.80. The third-order valence-electron chi connectivity index (χ3n) is 3.39. The molecule has 6 heteroatoms. The van der Waals surface area contributed by atoms with Crippen molar-refractivity contribution in [2.45, 2.75) is 13.0 Å². The Morgan fingerprint density at radius 3 is 3.00 bits per heavy atom. The van der Waals surface area contributed by atoms with Gasteiger partial charge in [0, 0.05) is 35.5 Å². The number of carboxylic acids is 1. The van der Waals surface area contributed by atoms with Gasteiger partial charge in [-0.1, -0.05) is 11.6 Å². The topological polar surface area (TPSA) is 68.5 Å². The molecule has 1 aromatic carbocycles. The molecule has 2 heterocycles. The molecule has 0 radical (unpaired) electrons. The van der Waals surface area contributed by atoms with Crippen LogP contribution in [-0.2, 0) is 13.0 Å². The van der Waals surface area contributed by atoms with Gasteiger partial charge in [-0.15, -0.1) is 0 Å². The molecule has 108 valence electrons. The number of aromatic carboxylic acids is 1. The Labute approximate surface area is 125 Å². The molecule has 0 unspecified atom stereocenters. The molecule has 0 bridgehead atoms. The Bertz CT molecular complexity index is 782. The van der Waals surface area contributed by atoms with Gasteiger partial charge in [-0.25, -0.2) is 4.79 Å². The van der Waals surface area contributed by atoms with Gasteiger partial charge in [0.05, 0.1) is 13.2 Å². The van der Waals surface area contributed by atoms with Crippen molar-refractivity contribution in [1.29, 1.82) is 0 Å². The van der Waals surface area contributed by atoms with Gasteiger partial charge in [-0.3, -0.25) is 4.79 Å².